The van der Waals surface area contributed by atoms with Gasteiger partial charge in [0.05, 0.1) is 0 Å². The Morgan fingerprint density at radius 3 is 1.92 bits per heavy atom. The predicted octanol–water partition coefficient (Wildman–Crippen LogP) is 1.48. The number of carbonyl (C=O) groups is 1. The molecule has 0 unspecified atom stereocenters. The summed E-state index contributed by atoms with van der Waals surface area (Å²) < 4.78 is 4.80. The highest BCUT2D eigenvalue weighted by Crippen LogP contribution is 2.05. The van der Waals surface area contributed by atoms with Gasteiger partial charge < -0.3 is 10.5 Å². The van der Waals surface area contributed by atoms with E-state index in [0.717, 1.165) is 0 Å². The summed E-state index contributed by atoms with van der Waals surface area (Å²) in [7, 11) is 0. The van der Waals surface area contributed by atoms with E-state index in [0.29, 0.717) is 6.54 Å². The molecule has 12 heavy (non-hydrogen) atoms. The summed E-state index contributed by atoms with van der Waals surface area (Å²) in [6.07, 6.45) is 1.65. The molecule has 0 atom stereocenters. The molecule has 0 aliphatic heterocycles. The smallest absolute Gasteiger partial charge is 0.303 e. The molecule has 0 bridgehead atoms. The van der Waals surface area contributed by atoms with Crippen molar-refractivity contribution >= 4 is 5.97 Å². The van der Waals surface area contributed by atoms with Crippen molar-refractivity contribution in [3.63, 3.8) is 0 Å². The molecule has 0 saturated carbocycles. The molecule has 3 nitrogen and oxygen atoms in total. The van der Waals surface area contributed by atoms with E-state index in [2.05, 4.69) is 6.58 Å². The van der Waals surface area contributed by atoms with Crippen LogP contribution in [0.5, 0.6) is 0 Å². The molecular weight excluding hydrogens is 154 g/mol. The first kappa shape index (κ1) is 13.7. The Bertz CT molecular complexity index is 136. The van der Waals surface area contributed by atoms with Crippen molar-refractivity contribution in [2.45, 2.75) is 33.3 Å². The Kier molecular flexibility index (Phi) is 7.85. The standard InChI is InChI=1S/C6H12O2.C3H7N/c1-5(7)8-6(2,3)4;1-2-3-4/h1-4H3;2H,1,3-4H2. The molecule has 0 aliphatic carbocycles. The minimum Gasteiger partial charge on any atom is -0.460 e. The van der Waals surface area contributed by atoms with E-state index in [1.807, 2.05) is 20.8 Å². The van der Waals surface area contributed by atoms with E-state index in [-0.39, 0.29) is 11.6 Å². The van der Waals surface area contributed by atoms with Crippen molar-refractivity contribution in [3.05, 3.63) is 12.7 Å². The van der Waals surface area contributed by atoms with Crippen molar-refractivity contribution in [1.29, 1.82) is 0 Å². The molecule has 3 heteroatoms. The van der Waals surface area contributed by atoms with E-state index in [9.17, 15) is 4.79 Å². The highest BCUT2D eigenvalue weighted by atomic mass is 16.6. The Balaban J connectivity index is 0. The highest BCUT2D eigenvalue weighted by Gasteiger charge is 2.11. The molecule has 0 radical (unpaired) electrons. The number of esters is 1. The maximum atomic E-state index is 10.2. The third kappa shape index (κ3) is 22.9. The topological polar surface area (TPSA) is 52.3 Å². The lowest BCUT2D eigenvalue weighted by Gasteiger charge is -2.17. The Morgan fingerprint density at radius 1 is 1.58 bits per heavy atom. The molecule has 0 aromatic heterocycles. The van der Waals surface area contributed by atoms with Crippen molar-refractivity contribution in [2.75, 3.05) is 6.54 Å². The zero-order valence-corrected chi connectivity index (χ0v) is 8.39. The van der Waals surface area contributed by atoms with Crippen molar-refractivity contribution < 1.29 is 9.53 Å². The first-order chi connectivity index (χ1) is 5.33. The maximum absolute atomic E-state index is 10.2. The third-order valence-electron chi connectivity index (χ3n) is 0.617. The second-order valence-corrected chi connectivity index (χ2v) is 3.23. The van der Waals surface area contributed by atoms with Crippen LogP contribution in [0, 0.1) is 0 Å². The summed E-state index contributed by atoms with van der Waals surface area (Å²) in [6, 6.07) is 0. The molecule has 0 rings (SSSR count). The zero-order chi connectivity index (χ0) is 10.2. The summed E-state index contributed by atoms with van der Waals surface area (Å²) >= 11 is 0. The summed E-state index contributed by atoms with van der Waals surface area (Å²) in [5, 5.41) is 0. The lowest BCUT2D eigenvalue weighted by molar-refractivity contribution is -0.151. The van der Waals surface area contributed by atoms with E-state index in [4.69, 9.17) is 10.5 Å². The van der Waals surface area contributed by atoms with E-state index in [1.165, 1.54) is 6.92 Å². The molecule has 0 aromatic rings. The minimum absolute atomic E-state index is 0.225. The fourth-order valence-electron chi connectivity index (χ4n) is 0.431. The van der Waals surface area contributed by atoms with Crippen LogP contribution in [0.1, 0.15) is 27.7 Å². The van der Waals surface area contributed by atoms with Crippen LogP contribution in [0.2, 0.25) is 0 Å². The molecule has 0 amide bonds. The second-order valence-electron chi connectivity index (χ2n) is 3.23. The summed E-state index contributed by atoms with van der Waals surface area (Å²) in [5.74, 6) is -0.225. The average Bonchev–Trinajstić information content (AvgIpc) is 1.83. The van der Waals surface area contributed by atoms with Crippen LogP contribution in [-0.4, -0.2) is 18.1 Å². The van der Waals surface area contributed by atoms with Crippen LogP contribution < -0.4 is 5.73 Å². The van der Waals surface area contributed by atoms with Crippen LogP contribution in [0.4, 0.5) is 0 Å². The van der Waals surface area contributed by atoms with E-state index in [1.54, 1.807) is 6.08 Å². The average molecular weight is 173 g/mol. The summed E-state index contributed by atoms with van der Waals surface area (Å²) in [6.45, 7) is 10.9. The number of hydrogen-bond donors (Lipinski definition) is 1. The quantitative estimate of drug-likeness (QED) is 0.482. The van der Waals surface area contributed by atoms with Gasteiger partial charge in [0.1, 0.15) is 5.60 Å². The fraction of sp³-hybridized carbons (Fsp3) is 0.667. The van der Waals surface area contributed by atoms with Gasteiger partial charge in [0.2, 0.25) is 0 Å². The van der Waals surface area contributed by atoms with Crippen LogP contribution in [0.15, 0.2) is 12.7 Å². The van der Waals surface area contributed by atoms with Crippen molar-refractivity contribution in [3.8, 4) is 0 Å². The summed E-state index contributed by atoms with van der Waals surface area (Å²) in [4.78, 5) is 10.2. The minimum atomic E-state index is -0.328. The number of nitrogens with two attached hydrogens (primary N) is 1. The highest BCUT2D eigenvalue weighted by molar-refractivity contribution is 5.66. The van der Waals surface area contributed by atoms with Gasteiger partial charge in [0.15, 0.2) is 0 Å². The van der Waals surface area contributed by atoms with Crippen molar-refractivity contribution in [1.82, 2.24) is 0 Å². The molecule has 0 aliphatic rings. The van der Waals surface area contributed by atoms with Crippen LogP contribution >= 0.6 is 0 Å². The molecule has 0 spiro atoms. The van der Waals surface area contributed by atoms with Crippen LogP contribution in [-0.2, 0) is 9.53 Å². The number of rotatable bonds is 1. The number of hydrogen-bond acceptors (Lipinski definition) is 3. The van der Waals surface area contributed by atoms with Gasteiger partial charge in [-0.1, -0.05) is 6.08 Å². The molecule has 0 fully saturated rings. The maximum Gasteiger partial charge on any atom is 0.303 e. The van der Waals surface area contributed by atoms with Crippen LogP contribution in [0.3, 0.4) is 0 Å². The van der Waals surface area contributed by atoms with Crippen LogP contribution in [0.25, 0.3) is 0 Å². The SMILES string of the molecule is C=CCN.CC(=O)OC(C)(C)C. The predicted molar refractivity (Wildman–Crippen MR) is 50.8 cm³/mol. The molecular formula is C9H19NO2. The largest absolute Gasteiger partial charge is 0.460 e. The van der Waals surface area contributed by atoms with Gasteiger partial charge in [-0.2, -0.15) is 0 Å². The summed E-state index contributed by atoms with van der Waals surface area (Å²) in [5.41, 5.74) is 4.58. The number of ether oxygens (including phenoxy) is 1. The first-order valence-electron chi connectivity index (χ1n) is 3.84. The van der Waals surface area contributed by atoms with Crippen molar-refractivity contribution in [2.24, 2.45) is 5.73 Å². The van der Waals surface area contributed by atoms with Gasteiger partial charge in [-0.25, -0.2) is 0 Å². The monoisotopic (exact) mass is 173 g/mol. The lowest BCUT2D eigenvalue weighted by Crippen LogP contribution is -2.21. The Morgan fingerprint density at radius 2 is 1.92 bits per heavy atom. The van der Waals surface area contributed by atoms with Gasteiger partial charge in [-0.3, -0.25) is 4.79 Å². The second kappa shape index (κ2) is 6.85. The van der Waals surface area contributed by atoms with Gasteiger partial charge in [-0.15, -0.1) is 6.58 Å². The van der Waals surface area contributed by atoms with Gasteiger partial charge in [0.25, 0.3) is 0 Å². The zero-order valence-electron chi connectivity index (χ0n) is 8.39. The van der Waals surface area contributed by atoms with Gasteiger partial charge in [0, 0.05) is 13.5 Å². The molecule has 0 heterocycles. The molecule has 0 aromatic carbocycles. The lowest BCUT2D eigenvalue weighted by atomic mass is 10.2. The van der Waals surface area contributed by atoms with E-state index < -0.39 is 0 Å². The number of carbonyl (C=O) groups excluding carboxylic acids is 1. The third-order valence-corrected chi connectivity index (χ3v) is 0.617. The van der Waals surface area contributed by atoms with Gasteiger partial charge >= 0.3 is 5.97 Å². The first-order valence-corrected chi connectivity index (χ1v) is 3.84. The Labute approximate surface area is 74.6 Å². The molecule has 2 N–H and O–H groups in total. The molecule has 72 valence electrons. The Hall–Kier alpha value is -0.830. The molecule has 0 saturated heterocycles. The fourth-order valence-corrected chi connectivity index (χ4v) is 0.431. The van der Waals surface area contributed by atoms with Gasteiger partial charge in [-0.05, 0) is 20.8 Å². The normalized spacial score (nSPS) is 9.42. The van der Waals surface area contributed by atoms with E-state index >= 15 is 0 Å².